The second-order valence-electron chi connectivity index (χ2n) is 4.57. The summed E-state index contributed by atoms with van der Waals surface area (Å²) in [6, 6.07) is 7.25. The predicted molar refractivity (Wildman–Crippen MR) is 76.3 cm³/mol. The van der Waals surface area contributed by atoms with Crippen LogP contribution in [0.15, 0.2) is 29.2 Å². The standard InChI is InChI=1S/C14H21NO2S/c1-11(2)7-9-17-10-8-15-14(16)12-5-3-4-6-13(12)18/h3-6,11,18H,7-10H2,1-2H3,(H,15,16). The topological polar surface area (TPSA) is 38.3 Å². The summed E-state index contributed by atoms with van der Waals surface area (Å²) in [5.74, 6) is 0.545. The Labute approximate surface area is 114 Å². The monoisotopic (exact) mass is 267 g/mol. The third-order valence-corrected chi connectivity index (χ3v) is 2.91. The second kappa shape index (κ2) is 8.16. The van der Waals surface area contributed by atoms with Gasteiger partial charge in [-0.05, 0) is 24.5 Å². The number of ether oxygens (including phenoxy) is 1. The van der Waals surface area contributed by atoms with Crippen LogP contribution < -0.4 is 5.32 Å². The Morgan fingerprint density at radius 2 is 2.06 bits per heavy atom. The summed E-state index contributed by atoms with van der Waals surface area (Å²) in [7, 11) is 0. The van der Waals surface area contributed by atoms with Gasteiger partial charge in [-0.15, -0.1) is 12.6 Å². The maximum absolute atomic E-state index is 11.8. The van der Waals surface area contributed by atoms with Gasteiger partial charge in [-0.3, -0.25) is 4.79 Å². The van der Waals surface area contributed by atoms with Crippen LogP contribution in [0.1, 0.15) is 30.6 Å². The molecule has 0 unspecified atom stereocenters. The number of hydrogen-bond donors (Lipinski definition) is 2. The number of carbonyl (C=O) groups is 1. The normalized spacial score (nSPS) is 10.7. The van der Waals surface area contributed by atoms with Gasteiger partial charge in [0.1, 0.15) is 0 Å². The zero-order chi connectivity index (χ0) is 13.4. The van der Waals surface area contributed by atoms with Gasteiger partial charge < -0.3 is 10.1 Å². The molecule has 0 saturated carbocycles. The van der Waals surface area contributed by atoms with E-state index in [1.165, 1.54) is 0 Å². The number of nitrogens with one attached hydrogen (secondary N) is 1. The Hall–Kier alpha value is -1.00. The average Bonchev–Trinajstić information content (AvgIpc) is 2.33. The maximum Gasteiger partial charge on any atom is 0.252 e. The fraction of sp³-hybridized carbons (Fsp3) is 0.500. The van der Waals surface area contributed by atoms with Crippen molar-refractivity contribution >= 4 is 18.5 Å². The molecule has 0 bridgehead atoms. The highest BCUT2D eigenvalue weighted by atomic mass is 32.1. The molecule has 0 aromatic heterocycles. The van der Waals surface area contributed by atoms with E-state index in [0.29, 0.717) is 29.5 Å². The molecule has 1 N–H and O–H groups in total. The first-order chi connectivity index (χ1) is 8.61. The van der Waals surface area contributed by atoms with E-state index in [-0.39, 0.29) is 5.91 Å². The number of benzene rings is 1. The van der Waals surface area contributed by atoms with E-state index in [9.17, 15) is 4.79 Å². The van der Waals surface area contributed by atoms with Gasteiger partial charge in [0.25, 0.3) is 5.91 Å². The first kappa shape index (κ1) is 15.1. The van der Waals surface area contributed by atoms with Crippen LogP contribution >= 0.6 is 12.6 Å². The zero-order valence-corrected chi connectivity index (χ0v) is 11.9. The van der Waals surface area contributed by atoms with Crippen LogP contribution in [0, 0.1) is 5.92 Å². The third-order valence-electron chi connectivity index (χ3n) is 2.52. The molecule has 4 heteroatoms. The van der Waals surface area contributed by atoms with Crippen molar-refractivity contribution in [3.63, 3.8) is 0 Å². The number of carbonyl (C=O) groups excluding carboxylic acids is 1. The van der Waals surface area contributed by atoms with Crippen LogP contribution in [0.5, 0.6) is 0 Å². The van der Waals surface area contributed by atoms with E-state index in [1.54, 1.807) is 12.1 Å². The molecule has 0 aliphatic carbocycles. The average molecular weight is 267 g/mol. The molecule has 0 aliphatic rings. The smallest absolute Gasteiger partial charge is 0.252 e. The van der Waals surface area contributed by atoms with Crippen LogP contribution in [0.3, 0.4) is 0 Å². The lowest BCUT2D eigenvalue weighted by atomic mass is 10.1. The van der Waals surface area contributed by atoms with Crippen LogP contribution in [-0.4, -0.2) is 25.7 Å². The number of hydrogen-bond acceptors (Lipinski definition) is 3. The van der Waals surface area contributed by atoms with Gasteiger partial charge in [-0.1, -0.05) is 26.0 Å². The SMILES string of the molecule is CC(C)CCOCCNC(=O)c1ccccc1S. The summed E-state index contributed by atoms with van der Waals surface area (Å²) in [5.41, 5.74) is 0.600. The molecule has 0 fully saturated rings. The van der Waals surface area contributed by atoms with Gasteiger partial charge in [0.2, 0.25) is 0 Å². The number of amides is 1. The quantitative estimate of drug-likeness (QED) is 0.589. The van der Waals surface area contributed by atoms with Gasteiger partial charge in [-0.2, -0.15) is 0 Å². The molecule has 100 valence electrons. The molecule has 0 aliphatic heterocycles. The Morgan fingerprint density at radius 1 is 1.33 bits per heavy atom. The Bertz CT molecular complexity index is 380. The lowest BCUT2D eigenvalue weighted by Gasteiger charge is -2.08. The summed E-state index contributed by atoms with van der Waals surface area (Å²) in [6.45, 7) is 6.15. The van der Waals surface area contributed by atoms with E-state index in [0.717, 1.165) is 13.0 Å². The van der Waals surface area contributed by atoms with Crippen molar-refractivity contribution in [3.05, 3.63) is 29.8 Å². The molecule has 1 aromatic carbocycles. The Morgan fingerprint density at radius 3 is 2.72 bits per heavy atom. The summed E-state index contributed by atoms with van der Waals surface area (Å²) in [5, 5.41) is 2.82. The summed E-state index contributed by atoms with van der Waals surface area (Å²) < 4.78 is 5.43. The molecule has 0 atom stereocenters. The van der Waals surface area contributed by atoms with Crippen LogP contribution in [0.4, 0.5) is 0 Å². The third kappa shape index (κ3) is 5.56. The van der Waals surface area contributed by atoms with Crippen LogP contribution in [0.25, 0.3) is 0 Å². The van der Waals surface area contributed by atoms with E-state index < -0.39 is 0 Å². The number of thiol groups is 1. The molecule has 1 aromatic rings. The fourth-order valence-corrected chi connectivity index (χ4v) is 1.68. The lowest BCUT2D eigenvalue weighted by molar-refractivity contribution is 0.0903. The molecule has 0 spiro atoms. The predicted octanol–water partition coefficient (Wildman–Crippen LogP) is 2.77. The van der Waals surface area contributed by atoms with Crippen molar-refractivity contribution in [1.29, 1.82) is 0 Å². The summed E-state index contributed by atoms with van der Waals surface area (Å²) in [4.78, 5) is 12.5. The van der Waals surface area contributed by atoms with Gasteiger partial charge in [0.15, 0.2) is 0 Å². The maximum atomic E-state index is 11.8. The molecule has 0 radical (unpaired) electrons. The van der Waals surface area contributed by atoms with Gasteiger partial charge in [0.05, 0.1) is 12.2 Å². The van der Waals surface area contributed by atoms with Crippen molar-refractivity contribution in [2.45, 2.75) is 25.2 Å². The zero-order valence-electron chi connectivity index (χ0n) is 11.0. The molecule has 0 heterocycles. The summed E-state index contributed by atoms with van der Waals surface area (Å²) >= 11 is 4.25. The minimum absolute atomic E-state index is 0.104. The highest BCUT2D eigenvalue weighted by molar-refractivity contribution is 7.80. The molecule has 0 saturated heterocycles. The van der Waals surface area contributed by atoms with Crippen molar-refractivity contribution < 1.29 is 9.53 Å². The second-order valence-corrected chi connectivity index (χ2v) is 5.05. The van der Waals surface area contributed by atoms with Crippen molar-refractivity contribution in [2.75, 3.05) is 19.8 Å². The van der Waals surface area contributed by atoms with E-state index in [4.69, 9.17) is 4.74 Å². The summed E-state index contributed by atoms with van der Waals surface area (Å²) in [6.07, 6.45) is 1.05. The molecular weight excluding hydrogens is 246 g/mol. The largest absolute Gasteiger partial charge is 0.380 e. The van der Waals surface area contributed by atoms with Crippen molar-refractivity contribution in [2.24, 2.45) is 5.92 Å². The minimum atomic E-state index is -0.104. The highest BCUT2D eigenvalue weighted by Gasteiger charge is 2.07. The van der Waals surface area contributed by atoms with E-state index >= 15 is 0 Å². The molecule has 1 amide bonds. The molecular formula is C14H21NO2S. The Balaban J connectivity index is 2.20. The Kier molecular flexibility index (Phi) is 6.83. The molecule has 3 nitrogen and oxygen atoms in total. The minimum Gasteiger partial charge on any atom is -0.380 e. The molecule has 18 heavy (non-hydrogen) atoms. The van der Waals surface area contributed by atoms with Gasteiger partial charge >= 0.3 is 0 Å². The van der Waals surface area contributed by atoms with Gasteiger partial charge in [-0.25, -0.2) is 0 Å². The first-order valence-corrected chi connectivity index (χ1v) is 6.70. The van der Waals surface area contributed by atoms with E-state index in [2.05, 4.69) is 31.8 Å². The van der Waals surface area contributed by atoms with Crippen molar-refractivity contribution in [3.8, 4) is 0 Å². The van der Waals surface area contributed by atoms with Gasteiger partial charge in [0, 0.05) is 18.0 Å². The first-order valence-electron chi connectivity index (χ1n) is 6.25. The van der Waals surface area contributed by atoms with Crippen LogP contribution in [0.2, 0.25) is 0 Å². The van der Waals surface area contributed by atoms with Crippen molar-refractivity contribution in [1.82, 2.24) is 5.32 Å². The lowest BCUT2D eigenvalue weighted by Crippen LogP contribution is -2.27. The fourth-order valence-electron chi connectivity index (χ4n) is 1.42. The van der Waals surface area contributed by atoms with E-state index in [1.807, 2.05) is 12.1 Å². The highest BCUT2D eigenvalue weighted by Crippen LogP contribution is 2.12. The van der Waals surface area contributed by atoms with Crippen LogP contribution in [-0.2, 0) is 4.74 Å². The number of rotatable bonds is 7. The molecule has 1 rings (SSSR count).